The highest BCUT2D eigenvalue weighted by molar-refractivity contribution is 6.42. The molecule has 7 heteroatoms. The van der Waals surface area contributed by atoms with E-state index in [1.807, 2.05) is 47.4 Å². The summed E-state index contributed by atoms with van der Waals surface area (Å²) in [4.78, 5) is 15.6. The van der Waals surface area contributed by atoms with Crippen molar-refractivity contribution in [1.82, 2.24) is 4.90 Å². The summed E-state index contributed by atoms with van der Waals surface area (Å²) in [7, 11) is 0. The van der Waals surface area contributed by atoms with Crippen LogP contribution in [0.3, 0.4) is 0 Å². The SMILES string of the molecule is Nc1cc2ccccc2c2c1OCCCN(C[C@@H](CCO)c1ccc(Cl)c(Cl)c1)C2=O. The van der Waals surface area contributed by atoms with E-state index in [0.29, 0.717) is 59.6 Å². The second-order valence-electron chi connectivity index (χ2n) is 7.73. The van der Waals surface area contributed by atoms with E-state index in [-0.39, 0.29) is 18.4 Å². The van der Waals surface area contributed by atoms with E-state index in [1.54, 1.807) is 6.07 Å². The lowest BCUT2D eigenvalue weighted by molar-refractivity contribution is 0.0711. The topological polar surface area (TPSA) is 75.8 Å². The van der Waals surface area contributed by atoms with E-state index in [4.69, 9.17) is 33.7 Å². The molecule has 0 saturated carbocycles. The second kappa shape index (κ2) is 9.35. The molecule has 1 aliphatic heterocycles. The van der Waals surface area contributed by atoms with Crippen LogP contribution in [0.4, 0.5) is 5.69 Å². The molecule has 0 spiro atoms. The Morgan fingerprint density at radius 1 is 1.13 bits per heavy atom. The molecule has 3 N–H and O–H groups in total. The number of aliphatic hydroxyl groups excluding tert-OH is 1. The van der Waals surface area contributed by atoms with Crippen LogP contribution in [0.5, 0.6) is 5.75 Å². The zero-order valence-electron chi connectivity index (χ0n) is 17.0. The first-order chi connectivity index (χ1) is 15.0. The Balaban J connectivity index is 1.73. The summed E-state index contributed by atoms with van der Waals surface area (Å²) in [6.07, 6.45) is 1.19. The van der Waals surface area contributed by atoms with E-state index in [0.717, 1.165) is 16.3 Å². The maximum absolute atomic E-state index is 13.7. The molecular formula is C24H24Cl2N2O3. The Labute approximate surface area is 191 Å². The molecule has 0 radical (unpaired) electrons. The summed E-state index contributed by atoms with van der Waals surface area (Å²) < 4.78 is 5.91. The molecule has 0 fully saturated rings. The van der Waals surface area contributed by atoms with Crippen LogP contribution >= 0.6 is 23.2 Å². The van der Waals surface area contributed by atoms with Gasteiger partial charge in [0.15, 0.2) is 5.75 Å². The van der Waals surface area contributed by atoms with Crippen LogP contribution in [0.2, 0.25) is 10.0 Å². The summed E-state index contributed by atoms with van der Waals surface area (Å²) in [6.45, 7) is 1.46. The van der Waals surface area contributed by atoms with Gasteiger partial charge < -0.3 is 20.5 Å². The number of benzene rings is 3. The van der Waals surface area contributed by atoms with Crippen molar-refractivity contribution < 1.29 is 14.6 Å². The number of hydrogen-bond acceptors (Lipinski definition) is 4. The van der Waals surface area contributed by atoms with Gasteiger partial charge in [-0.05, 0) is 47.4 Å². The van der Waals surface area contributed by atoms with E-state index in [2.05, 4.69) is 0 Å². The Bertz CT molecular complexity index is 1120. The standard InChI is InChI=1S/C24H24Cl2N2O3/c25-19-7-6-15(12-20(19)26)17(8-10-29)14-28-9-3-11-31-23-21(27)13-16-4-1-2-5-18(16)22(23)24(28)30/h1-2,4-7,12-13,17,29H,3,8-11,14,27H2/t17-/m1/s1. The quantitative estimate of drug-likeness (QED) is 0.520. The van der Waals surface area contributed by atoms with Crippen molar-refractivity contribution in [3.63, 3.8) is 0 Å². The van der Waals surface area contributed by atoms with Crippen molar-refractivity contribution in [2.24, 2.45) is 0 Å². The van der Waals surface area contributed by atoms with Crippen molar-refractivity contribution in [2.45, 2.75) is 18.8 Å². The number of nitrogen functional groups attached to an aromatic ring is 1. The molecule has 31 heavy (non-hydrogen) atoms. The maximum Gasteiger partial charge on any atom is 0.258 e. The van der Waals surface area contributed by atoms with Crippen molar-refractivity contribution >= 4 is 45.6 Å². The molecule has 162 valence electrons. The molecule has 0 bridgehead atoms. The van der Waals surface area contributed by atoms with Gasteiger partial charge in [-0.3, -0.25) is 4.79 Å². The summed E-state index contributed by atoms with van der Waals surface area (Å²) >= 11 is 12.3. The van der Waals surface area contributed by atoms with Crippen LogP contribution in [0, 0.1) is 0 Å². The molecule has 5 nitrogen and oxygen atoms in total. The summed E-state index contributed by atoms with van der Waals surface area (Å²) in [5, 5.41) is 12.3. The molecule has 1 amide bonds. The fourth-order valence-electron chi connectivity index (χ4n) is 4.13. The number of fused-ring (bicyclic) bond motifs is 3. The minimum Gasteiger partial charge on any atom is -0.490 e. The normalized spacial score (nSPS) is 15.2. The van der Waals surface area contributed by atoms with Crippen LogP contribution in [0.15, 0.2) is 48.5 Å². The highest BCUT2D eigenvalue weighted by atomic mass is 35.5. The number of anilines is 1. The zero-order valence-corrected chi connectivity index (χ0v) is 18.5. The number of amides is 1. The predicted molar refractivity (Wildman–Crippen MR) is 125 cm³/mol. The van der Waals surface area contributed by atoms with E-state index in [1.165, 1.54) is 0 Å². The average molecular weight is 459 g/mol. The minimum absolute atomic E-state index is 0.00250. The van der Waals surface area contributed by atoms with Crippen molar-refractivity contribution in [1.29, 1.82) is 0 Å². The molecule has 0 saturated heterocycles. The van der Waals surface area contributed by atoms with Crippen LogP contribution in [-0.4, -0.2) is 42.2 Å². The number of ether oxygens (including phenoxy) is 1. The van der Waals surface area contributed by atoms with E-state index >= 15 is 0 Å². The summed E-state index contributed by atoms with van der Waals surface area (Å²) in [6, 6.07) is 15.0. The van der Waals surface area contributed by atoms with Gasteiger partial charge >= 0.3 is 0 Å². The first kappa shape index (κ1) is 21.8. The maximum atomic E-state index is 13.7. The largest absolute Gasteiger partial charge is 0.490 e. The molecule has 4 rings (SSSR count). The Hall–Kier alpha value is -2.47. The average Bonchev–Trinajstić information content (AvgIpc) is 2.75. The van der Waals surface area contributed by atoms with Crippen LogP contribution in [0.25, 0.3) is 10.8 Å². The van der Waals surface area contributed by atoms with Gasteiger partial charge in [-0.15, -0.1) is 0 Å². The third-order valence-corrected chi connectivity index (χ3v) is 6.42. The summed E-state index contributed by atoms with van der Waals surface area (Å²) in [5.74, 6) is 0.239. The van der Waals surface area contributed by atoms with Crippen LogP contribution < -0.4 is 10.5 Å². The lowest BCUT2D eigenvalue weighted by atomic mass is 9.94. The molecule has 1 atom stereocenters. The fraction of sp³-hybridized carbons (Fsp3) is 0.292. The number of nitrogens with two attached hydrogens (primary N) is 1. The van der Waals surface area contributed by atoms with E-state index in [9.17, 15) is 9.90 Å². The first-order valence-electron chi connectivity index (χ1n) is 10.3. The number of carbonyl (C=O) groups is 1. The smallest absolute Gasteiger partial charge is 0.258 e. The lowest BCUT2D eigenvalue weighted by Crippen LogP contribution is -2.38. The van der Waals surface area contributed by atoms with Gasteiger partial charge in [-0.1, -0.05) is 53.5 Å². The van der Waals surface area contributed by atoms with Gasteiger partial charge in [0.1, 0.15) is 0 Å². The van der Waals surface area contributed by atoms with Gasteiger partial charge in [-0.2, -0.15) is 0 Å². The van der Waals surface area contributed by atoms with Gasteiger partial charge in [0.2, 0.25) is 0 Å². The number of nitrogens with zero attached hydrogens (tertiary/aromatic N) is 1. The number of halogens is 2. The summed E-state index contributed by atoms with van der Waals surface area (Å²) in [5.41, 5.74) is 8.14. The van der Waals surface area contributed by atoms with Crippen molar-refractivity contribution in [3.05, 3.63) is 69.7 Å². The van der Waals surface area contributed by atoms with E-state index < -0.39 is 0 Å². The van der Waals surface area contributed by atoms with Gasteiger partial charge in [0.05, 0.1) is 27.9 Å². The third kappa shape index (κ3) is 4.45. The number of carbonyl (C=O) groups excluding carboxylic acids is 1. The lowest BCUT2D eigenvalue weighted by Gasteiger charge is -2.31. The van der Waals surface area contributed by atoms with Crippen molar-refractivity contribution in [2.75, 3.05) is 32.0 Å². The fourth-order valence-corrected chi connectivity index (χ4v) is 4.44. The molecule has 0 aliphatic carbocycles. The molecule has 3 aromatic rings. The Morgan fingerprint density at radius 2 is 1.94 bits per heavy atom. The monoisotopic (exact) mass is 458 g/mol. The second-order valence-corrected chi connectivity index (χ2v) is 8.54. The molecule has 1 aliphatic rings. The van der Waals surface area contributed by atoms with Crippen LogP contribution in [0.1, 0.15) is 34.7 Å². The first-order valence-corrected chi connectivity index (χ1v) is 11.0. The van der Waals surface area contributed by atoms with Gasteiger partial charge in [0.25, 0.3) is 5.91 Å². The number of rotatable bonds is 5. The van der Waals surface area contributed by atoms with Gasteiger partial charge in [-0.25, -0.2) is 0 Å². The Morgan fingerprint density at radius 3 is 2.71 bits per heavy atom. The predicted octanol–water partition coefficient (Wildman–Crippen LogP) is 5.12. The highest BCUT2D eigenvalue weighted by Gasteiger charge is 2.28. The minimum atomic E-state index is -0.124. The highest BCUT2D eigenvalue weighted by Crippen LogP contribution is 2.37. The van der Waals surface area contributed by atoms with Gasteiger partial charge in [0, 0.05) is 25.6 Å². The third-order valence-electron chi connectivity index (χ3n) is 5.68. The molecule has 0 unspecified atom stereocenters. The van der Waals surface area contributed by atoms with Crippen LogP contribution in [-0.2, 0) is 0 Å². The molecule has 0 aromatic heterocycles. The van der Waals surface area contributed by atoms with Crippen molar-refractivity contribution in [3.8, 4) is 5.75 Å². The molecule has 3 aromatic carbocycles. The Kier molecular flexibility index (Phi) is 6.56. The molecule has 1 heterocycles. The molecular weight excluding hydrogens is 435 g/mol. The number of hydrogen-bond donors (Lipinski definition) is 2. The zero-order chi connectivity index (χ0) is 22.0. The number of aliphatic hydroxyl groups is 1.